The molecule has 0 fully saturated rings. The van der Waals surface area contributed by atoms with Crippen molar-refractivity contribution in [2.45, 2.75) is 6.54 Å². The van der Waals surface area contributed by atoms with E-state index in [0.29, 0.717) is 28.8 Å². The molecule has 0 N–H and O–H groups in total. The van der Waals surface area contributed by atoms with E-state index in [9.17, 15) is 9.59 Å². The number of thiophene rings is 1. The highest BCUT2D eigenvalue weighted by Crippen LogP contribution is 2.24. The van der Waals surface area contributed by atoms with Gasteiger partial charge < -0.3 is 14.1 Å². The summed E-state index contributed by atoms with van der Waals surface area (Å²) in [5.41, 5.74) is 0.112. The molecule has 3 aromatic rings. The third kappa shape index (κ3) is 3.12. The van der Waals surface area contributed by atoms with E-state index in [0.717, 1.165) is 4.88 Å². The highest BCUT2D eigenvalue weighted by atomic mass is 32.1. The van der Waals surface area contributed by atoms with E-state index >= 15 is 0 Å². The third-order valence-corrected chi connectivity index (χ3v) is 4.36. The Bertz CT molecular complexity index is 899. The zero-order valence-electron chi connectivity index (χ0n) is 12.7. The topological polar surface area (TPSA) is 59.8 Å². The summed E-state index contributed by atoms with van der Waals surface area (Å²) in [5.74, 6) is 0.346. The molecule has 2 heterocycles. The number of carbonyl (C=O) groups excluding carboxylic acids is 1. The predicted octanol–water partition coefficient (Wildman–Crippen LogP) is 3.14. The molecule has 2 aromatic heterocycles. The summed E-state index contributed by atoms with van der Waals surface area (Å²) in [6, 6.07) is 10.2. The standard InChI is InChI=1S/C17H15NO4S/c1-18(10-12-4-3-7-23-12)17(20)14-9-16(19)22-15-8-11(21-2)5-6-13(14)15/h3-9H,10H2,1-2H3. The van der Waals surface area contributed by atoms with Gasteiger partial charge in [-0.05, 0) is 23.6 Å². The molecule has 6 heteroatoms. The van der Waals surface area contributed by atoms with Crippen LogP contribution < -0.4 is 10.4 Å². The second-order valence-electron chi connectivity index (χ2n) is 5.08. The lowest BCUT2D eigenvalue weighted by atomic mass is 10.1. The van der Waals surface area contributed by atoms with Gasteiger partial charge in [-0.2, -0.15) is 0 Å². The highest BCUT2D eigenvalue weighted by Gasteiger charge is 2.18. The molecule has 0 spiro atoms. The van der Waals surface area contributed by atoms with Crippen molar-refractivity contribution in [3.63, 3.8) is 0 Å². The fraction of sp³-hybridized carbons (Fsp3) is 0.176. The molecule has 0 saturated heterocycles. The van der Waals surface area contributed by atoms with Crippen LogP contribution in [-0.2, 0) is 6.54 Å². The van der Waals surface area contributed by atoms with Crippen LogP contribution in [0.1, 0.15) is 15.2 Å². The smallest absolute Gasteiger partial charge is 0.337 e. The molecule has 0 atom stereocenters. The van der Waals surface area contributed by atoms with Crippen LogP contribution in [0.5, 0.6) is 5.75 Å². The summed E-state index contributed by atoms with van der Waals surface area (Å²) < 4.78 is 10.3. The number of hydrogen-bond acceptors (Lipinski definition) is 5. The summed E-state index contributed by atoms with van der Waals surface area (Å²) in [7, 11) is 3.25. The SMILES string of the molecule is COc1ccc2c(C(=O)N(C)Cc3cccs3)cc(=O)oc2c1. The second kappa shape index (κ2) is 6.26. The number of carbonyl (C=O) groups is 1. The number of nitrogens with zero attached hydrogens (tertiary/aromatic N) is 1. The molecule has 0 bridgehead atoms. The van der Waals surface area contributed by atoms with Crippen molar-refractivity contribution in [2.24, 2.45) is 0 Å². The minimum atomic E-state index is -0.557. The summed E-state index contributed by atoms with van der Waals surface area (Å²) in [6.07, 6.45) is 0. The average Bonchev–Trinajstić information content (AvgIpc) is 3.05. The van der Waals surface area contributed by atoms with Gasteiger partial charge >= 0.3 is 5.63 Å². The number of methoxy groups -OCH3 is 1. The maximum atomic E-state index is 12.7. The van der Waals surface area contributed by atoms with Crippen molar-refractivity contribution < 1.29 is 13.9 Å². The van der Waals surface area contributed by atoms with E-state index in [1.165, 1.54) is 13.2 Å². The maximum Gasteiger partial charge on any atom is 0.337 e. The van der Waals surface area contributed by atoms with Crippen LogP contribution in [0.15, 0.2) is 51.0 Å². The molecular weight excluding hydrogens is 314 g/mol. The normalized spacial score (nSPS) is 10.7. The van der Waals surface area contributed by atoms with Gasteiger partial charge in [-0.3, -0.25) is 4.79 Å². The molecule has 0 aliphatic rings. The van der Waals surface area contributed by atoms with E-state index in [4.69, 9.17) is 9.15 Å². The first-order valence-corrected chi connectivity index (χ1v) is 7.86. The van der Waals surface area contributed by atoms with Gasteiger partial charge in [0, 0.05) is 29.4 Å². The molecule has 0 saturated carbocycles. The van der Waals surface area contributed by atoms with Gasteiger partial charge in [0.2, 0.25) is 0 Å². The van der Waals surface area contributed by atoms with E-state index in [-0.39, 0.29) is 5.91 Å². The summed E-state index contributed by atoms with van der Waals surface area (Å²) in [6.45, 7) is 0.494. The number of ether oxygens (including phenoxy) is 1. The molecule has 0 radical (unpaired) electrons. The third-order valence-electron chi connectivity index (χ3n) is 3.50. The van der Waals surface area contributed by atoms with Crippen molar-refractivity contribution in [1.29, 1.82) is 0 Å². The zero-order chi connectivity index (χ0) is 16.4. The van der Waals surface area contributed by atoms with Gasteiger partial charge in [-0.15, -0.1) is 11.3 Å². The van der Waals surface area contributed by atoms with Gasteiger partial charge in [0.15, 0.2) is 0 Å². The first-order chi connectivity index (χ1) is 11.1. The first-order valence-electron chi connectivity index (χ1n) is 6.98. The van der Waals surface area contributed by atoms with Crippen molar-refractivity contribution in [1.82, 2.24) is 4.90 Å². The number of rotatable bonds is 4. The Labute approximate surface area is 136 Å². The predicted molar refractivity (Wildman–Crippen MR) is 89.2 cm³/mol. The quantitative estimate of drug-likeness (QED) is 0.690. The fourth-order valence-corrected chi connectivity index (χ4v) is 3.12. The summed E-state index contributed by atoms with van der Waals surface area (Å²) >= 11 is 1.58. The Morgan fingerprint density at radius 3 is 2.83 bits per heavy atom. The van der Waals surface area contributed by atoms with Crippen LogP contribution in [0, 0.1) is 0 Å². The molecule has 0 unspecified atom stereocenters. The largest absolute Gasteiger partial charge is 0.497 e. The molecule has 3 rings (SSSR count). The Balaban J connectivity index is 2.01. The Hall–Kier alpha value is -2.60. The first kappa shape index (κ1) is 15.3. The van der Waals surface area contributed by atoms with Crippen molar-refractivity contribution in [3.8, 4) is 5.75 Å². The Kier molecular flexibility index (Phi) is 4.16. The van der Waals surface area contributed by atoms with E-state index in [2.05, 4.69) is 0 Å². The summed E-state index contributed by atoms with van der Waals surface area (Å²) in [4.78, 5) is 27.1. The molecular formula is C17H15NO4S. The van der Waals surface area contributed by atoms with Crippen molar-refractivity contribution in [2.75, 3.05) is 14.2 Å². The lowest BCUT2D eigenvalue weighted by molar-refractivity contribution is 0.0787. The molecule has 1 amide bonds. The van der Waals surface area contributed by atoms with Crippen LogP contribution in [-0.4, -0.2) is 25.0 Å². The van der Waals surface area contributed by atoms with Crippen LogP contribution in [0.3, 0.4) is 0 Å². The van der Waals surface area contributed by atoms with Crippen LogP contribution in [0.4, 0.5) is 0 Å². The number of benzene rings is 1. The van der Waals surface area contributed by atoms with E-state index < -0.39 is 5.63 Å². The van der Waals surface area contributed by atoms with Crippen LogP contribution in [0.25, 0.3) is 11.0 Å². The monoisotopic (exact) mass is 329 g/mol. The highest BCUT2D eigenvalue weighted by molar-refractivity contribution is 7.09. The van der Waals surface area contributed by atoms with Gasteiger partial charge in [-0.1, -0.05) is 6.07 Å². The number of amides is 1. The maximum absolute atomic E-state index is 12.7. The van der Waals surface area contributed by atoms with Gasteiger partial charge in [0.25, 0.3) is 5.91 Å². The van der Waals surface area contributed by atoms with Crippen molar-refractivity contribution >= 4 is 28.2 Å². The molecule has 1 aromatic carbocycles. The van der Waals surface area contributed by atoms with Crippen LogP contribution in [0.2, 0.25) is 0 Å². The minimum absolute atomic E-state index is 0.221. The lowest BCUT2D eigenvalue weighted by Crippen LogP contribution is -2.26. The Morgan fingerprint density at radius 1 is 1.30 bits per heavy atom. The number of fused-ring (bicyclic) bond motifs is 1. The second-order valence-corrected chi connectivity index (χ2v) is 6.11. The molecule has 0 aliphatic carbocycles. The number of hydrogen-bond donors (Lipinski definition) is 0. The van der Waals surface area contributed by atoms with Crippen molar-refractivity contribution in [3.05, 3.63) is 62.6 Å². The lowest BCUT2D eigenvalue weighted by Gasteiger charge is -2.17. The van der Waals surface area contributed by atoms with Gasteiger partial charge in [0.1, 0.15) is 11.3 Å². The zero-order valence-corrected chi connectivity index (χ0v) is 13.6. The van der Waals surface area contributed by atoms with Gasteiger partial charge in [-0.25, -0.2) is 4.79 Å². The minimum Gasteiger partial charge on any atom is -0.497 e. The fourth-order valence-electron chi connectivity index (χ4n) is 2.36. The van der Waals surface area contributed by atoms with Crippen LogP contribution >= 0.6 is 11.3 Å². The van der Waals surface area contributed by atoms with E-state index in [1.807, 2.05) is 17.5 Å². The Morgan fingerprint density at radius 2 is 2.13 bits per heavy atom. The van der Waals surface area contributed by atoms with Gasteiger partial charge in [0.05, 0.1) is 19.2 Å². The molecule has 5 nitrogen and oxygen atoms in total. The molecule has 118 valence electrons. The average molecular weight is 329 g/mol. The summed E-state index contributed by atoms with van der Waals surface area (Å²) in [5, 5.41) is 2.56. The molecule has 23 heavy (non-hydrogen) atoms. The van der Waals surface area contributed by atoms with E-state index in [1.54, 1.807) is 41.5 Å². The molecule has 0 aliphatic heterocycles.